The van der Waals surface area contributed by atoms with Gasteiger partial charge in [-0.3, -0.25) is 14.5 Å². The number of rotatable bonds is 7. The summed E-state index contributed by atoms with van der Waals surface area (Å²) < 4.78 is 0. The molecule has 0 radical (unpaired) electrons. The van der Waals surface area contributed by atoms with Crippen molar-refractivity contribution in [1.82, 2.24) is 10.2 Å². The highest BCUT2D eigenvalue weighted by atomic mass is 16.2. The Balaban J connectivity index is 1.83. The maximum atomic E-state index is 12.4. The summed E-state index contributed by atoms with van der Waals surface area (Å²) >= 11 is 0. The van der Waals surface area contributed by atoms with Crippen LogP contribution >= 0.6 is 0 Å². The van der Waals surface area contributed by atoms with Gasteiger partial charge in [-0.15, -0.1) is 0 Å². The zero-order chi connectivity index (χ0) is 15.2. The Morgan fingerprint density at radius 2 is 2.05 bits per heavy atom. The summed E-state index contributed by atoms with van der Waals surface area (Å²) in [5.74, 6) is -0.0330. The van der Waals surface area contributed by atoms with Crippen LogP contribution in [0.1, 0.15) is 65.2 Å². The van der Waals surface area contributed by atoms with Gasteiger partial charge >= 0.3 is 0 Å². The molecule has 118 valence electrons. The fraction of sp³-hybridized carbons (Fsp3) is 0.765. The predicted octanol–water partition coefficient (Wildman–Crippen LogP) is 2.78. The number of nitrogens with zero attached hydrogens (tertiary/aromatic N) is 1. The van der Waals surface area contributed by atoms with Gasteiger partial charge in [0.1, 0.15) is 0 Å². The molecule has 1 aliphatic carbocycles. The van der Waals surface area contributed by atoms with Gasteiger partial charge < -0.3 is 5.32 Å². The number of likely N-dealkylation sites (tertiary alicyclic amines) is 1. The highest BCUT2D eigenvalue weighted by molar-refractivity contribution is 6.05. The third kappa shape index (κ3) is 3.94. The smallest absolute Gasteiger partial charge is 0.247 e. The monoisotopic (exact) mass is 292 g/mol. The Bertz CT molecular complexity index is 413. The third-order valence-electron chi connectivity index (χ3n) is 4.71. The van der Waals surface area contributed by atoms with Crippen LogP contribution in [0.25, 0.3) is 0 Å². The first kappa shape index (κ1) is 16.2. The third-order valence-corrected chi connectivity index (χ3v) is 4.71. The predicted molar refractivity (Wildman–Crippen MR) is 83.8 cm³/mol. The zero-order valence-corrected chi connectivity index (χ0v) is 13.4. The molecule has 1 unspecified atom stereocenters. The van der Waals surface area contributed by atoms with Crippen molar-refractivity contribution >= 4 is 11.8 Å². The molecule has 21 heavy (non-hydrogen) atoms. The van der Waals surface area contributed by atoms with Gasteiger partial charge in [0.05, 0.1) is 12.5 Å². The van der Waals surface area contributed by atoms with E-state index in [1.54, 1.807) is 0 Å². The maximum Gasteiger partial charge on any atom is 0.247 e. The molecule has 1 atom stereocenters. The Kier molecular flexibility index (Phi) is 5.97. The molecule has 1 aliphatic heterocycles. The average molecular weight is 292 g/mol. The lowest BCUT2D eigenvalue weighted by Gasteiger charge is -2.24. The van der Waals surface area contributed by atoms with E-state index in [4.69, 9.17) is 0 Å². The lowest BCUT2D eigenvalue weighted by Crippen LogP contribution is -2.43. The highest BCUT2D eigenvalue weighted by Gasteiger charge is 2.40. The van der Waals surface area contributed by atoms with Crippen molar-refractivity contribution in [3.05, 3.63) is 11.6 Å². The van der Waals surface area contributed by atoms with Gasteiger partial charge in [-0.1, -0.05) is 25.5 Å². The summed E-state index contributed by atoms with van der Waals surface area (Å²) in [4.78, 5) is 26.0. The molecule has 4 heteroatoms. The first-order chi connectivity index (χ1) is 10.2. The number of nitrogens with one attached hydrogen (secondary N) is 1. The molecule has 0 aromatic rings. The van der Waals surface area contributed by atoms with Crippen LogP contribution in [0.15, 0.2) is 11.6 Å². The van der Waals surface area contributed by atoms with Gasteiger partial charge in [-0.2, -0.15) is 0 Å². The number of carbonyl (C=O) groups is 2. The minimum atomic E-state index is -0.303. The summed E-state index contributed by atoms with van der Waals surface area (Å²) in [6, 6.07) is -0.236. The van der Waals surface area contributed by atoms with Crippen molar-refractivity contribution in [2.75, 3.05) is 6.54 Å². The summed E-state index contributed by atoms with van der Waals surface area (Å²) in [7, 11) is 0. The van der Waals surface area contributed by atoms with Crippen molar-refractivity contribution < 1.29 is 9.59 Å². The van der Waals surface area contributed by atoms with E-state index in [2.05, 4.69) is 11.4 Å². The molecule has 2 amide bonds. The number of allylic oxidation sites excluding steroid dienone is 1. The summed E-state index contributed by atoms with van der Waals surface area (Å²) in [6.07, 6.45) is 10.3. The van der Waals surface area contributed by atoms with E-state index in [0.717, 1.165) is 25.8 Å². The topological polar surface area (TPSA) is 49.4 Å². The molecule has 4 nitrogen and oxygen atoms in total. The molecule has 0 aromatic heterocycles. The maximum absolute atomic E-state index is 12.4. The van der Waals surface area contributed by atoms with Gasteiger partial charge in [-0.05, 0) is 51.5 Å². The van der Waals surface area contributed by atoms with Crippen LogP contribution < -0.4 is 5.32 Å². The zero-order valence-electron chi connectivity index (χ0n) is 13.4. The van der Waals surface area contributed by atoms with Crippen LogP contribution in [-0.2, 0) is 9.59 Å². The number of carbonyl (C=O) groups excluding carboxylic acids is 2. The lowest BCUT2D eigenvalue weighted by atomic mass is 9.97. The first-order valence-corrected chi connectivity index (χ1v) is 8.44. The van der Waals surface area contributed by atoms with E-state index in [9.17, 15) is 9.59 Å². The Morgan fingerprint density at radius 1 is 1.29 bits per heavy atom. The molecule has 1 N–H and O–H groups in total. The van der Waals surface area contributed by atoms with Gasteiger partial charge in [0.25, 0.3) is 0 Å². The second kappa shape index (κ2) is 7.74. The van der Waals surface area contributed by atoms with Gasteiger partial charge in [0.15, 0.2) is 0 Å². The van der Waals surface area contributed by atoms with Crippen LogP contribution in [0.4, 0.5) is 0 Å². The Labute approximate surface area is 128 Å². The molecule has 2 rings (SSSR count). The molecule has 1 fully saturated rings. The summed E-state index contributed by atoms with van der Waals surface area (Å²) in [5, 5.41) is 3.29. The van der Waals surface area contributed by atoms with Crippen molar-refractivity contribution in [1.29, 1.82) is 0 Å². The molecule has 0 saturated carbocycles. The molecule has 0 bridgehead atoms. The van der Waals surface area contributed by atoms with Gasteiger partial charge in [-0.25, -0.2) is 0 Å². The largest absolute Gasteiger partial charge is 0.305 e. The van der Waals surface area contributed by atoms with E-state index in [-0.39, 0.29) is 23.9 Å². The number of hydrogen-bond acceptors (Lipinski definition) is 3. The van der Waals surface area contributed by atoms with Crippen molar-refractivity contribution in [2.24, 2.45) is 0 Å². The summed E-state index contributed by atoms with van der Waals surface area (Å²) in [5.41, 5.74) is 1.50. The quantitative estimate of drug-likeness (QED) is 0.580. The second-order valence-corrected chi connectivity index (χ2v) is 6.14. The van der Waals surface area contributed by atoms with E-state index < -0.39 is 0 Å². The van der Waals surface area contributed by atoms with Crippen LogP contribution in [0.3, 0.4) is 0 Å². The van der Waals surface area contributed by atoms with Crippen LogP contribution in [0.2, 0.25) is 0 Å². The van der Waals surface area contributed by atoms with Gasteiger partial charge in [0, 0.05) is 6.04 Å². The molecule has 1 saturated heterocycles. The molecular formula is C17H28N2O2. The van der Waals surface area contributed by atoms with E-state index >= 15 is 0 Å². The number of amides is 2. The Hall–Kier alpha value is -1.16. The fourth-order valence-electron chi connectivity index (χ4n) is 3.39. The van der Waals surface area contributed by atoms with Gasteiger partial charge in [0.2, 0.25) is 11.8 Å². The van der Waals surface area contributed by atoms with Crippen LogP contribution in [-0.4, -0.2) is 35.3 Å². The average Bonchev–Trinajstić information content (AvgIpc) is 2.78. The van der Waals surface area contributed by atoms with Crippen molar-refractivity contribution in [2.45, 2.75) is 77.3 Å². The normalized spacial score (nSPS) is 23.1. The fourth-order valence-corrected chi connectivity index (χ4v) is 3.39. The lowest BCUT2D eigenvalue weighted by molar-refractivity contribution is -0.141. The van der Waals surface area contributed by atoms with Crippen LogP contribution in [0.5, 0.6) is 0 Å². The standard InChI is InChI=1S/C17H28N2O2/c1-3-14(4-2)19-16(20)12-15(17(19)21)18-11-10-13-8-6-5-7-9-13/h8,14-15,18H,3-7,9-12H2,1-2H3. The molecule has 1 heterocycles. The van der Waals surface area contributed by atoms with E-state index in [1.807, 2.05) is 13.8 Å². The molecule has 0 spiro atoms. The van der Waals surface area contributed by atoms with E-state index in [1.165, 1.54) is 36.2 Å². The van der Waals surface area contributed by atoms with Crippen molar-refractivity contribution in [3.63, 3.8) is 0 Å². The first-order valence-electron chi connectivity index (χ1n) is 8.44. The minimum absolute atomic E-state index is 0.0110. The molecule has 0 aromatic carbocycles. The Morgan fingerprint density at radius 3 is 2.67 bits per heavy atom. The SMILES string of the molecule is CCC(CC)N1C(=O)CC(NCCC2=CCCCC2)C1=O. The van der Waals surface area contributed by atoms with Crippen LogP contribution in [0, 0.1) is 0 Å². The minimum Gasteiger partial charge on any atom is -0.305 e. The summed E-state index contributed by atoms with van der Waals surface area (Å²) in [6.45, 7) is 4.86. The second-order valence-electron chi connectivity index (χ2n) is 6.14. The molecule has 2 aliphatic rings. The number of hydrogen-bond donors (Lipinski definition) is 1. The van der Waals surface area contributed by atoms with Crippen molar-refractivity contribution in [3.8, 4) is 0 Å². The number of imide groups is 1. The molecular weight excluding hydrogens is 264 g/mol. The van der Waals surface area contributed by atoms with E-state index in [0.29, 0.717) is 6.42 Å². The highest BCUT2D eigenvalue weighted by Crippen LogP contribution is 2.22.